The summed E-state index contributed by atoms with van der Waals surface area (Å²) in [6.07, 6.45) is -12.0. The minimum absolute atomic E-state index is 0.0419. The van der Waals surface area contributed by atoms with E-state index in [2.05, 4.69) is 0 Å². The molecule has 25 heavy (non-hydrogen) atoms. The summed E-state index contributed by atoms with van der Waals surface area (Å²) in [6, 6.07) is -1.62. The lowest BCUT2D eigenvalue weighted by molar-refractivity contribution is -0.314. The van der Waals surface area contributed by atoms with Crippen LogP contribution in [0.5, 0.6) is 0 Å². The van der Waals surface area contributed by atoms with Gasteiger partial charge in [-0.1, -0.05) is 0 Å². The van der Waals surface area contributed by atoms with Crippen LogP contribution in [0, 0.1) is 0 Å². The molecule has 8 N–H and O–H groups in total. The summed E-state index contributed by atoms with van der Waals surface area (Å²) in [7, 11) is 0. The molecule has 3 aliphatic rings. The minimum Gasteiger partial charge on any atom is -0.395 e. The van der Waals surface area contributed by atoms with E-state index in [0.717, 1.165) is 0 Å². The maximum atomic E-state index is 10.4. The van der Waals surface area contributed by atoms with E-state index in [1.54, 1.807) is 0 Å². The highest BCUT2D eigenvalue weighted by molar-refractivity contribution is 5.10. The summed E-state index contributed by atoms with van der Waals surface area (Å²) in [5.74, 6) is 0. The quantitative estimate of drug-likeness (QED) is 0.237. The minimum atomic E-state index is -1.61. The first-order valence-electron chi connectivity index (χ1n) is 8.18. The zero-order valence-corrected chi connectivity index (χ0v) is 13.3. The van der Waals surface area contributed by atoms with Crippen molar-refractivity contribution in [3.8, 4) is 0 Å². The molecule has 0 saturated carbocycles. The Balaban J connectivity index is 1.70. The number of rotatable bonds is 4. The summed E-state index contributed by atoms with van der Waals surface area (Å²) in [4.78, 5) is 1.52. The van der Waals surface area contributed by atoms with Crippen LogP contribution < -0.4 is 0 Å². The first-order valence-corrected chi connectivity index (χ1v) is 8.18. The van der Waals surface area contributed by atoms with E-state index >= 15 is 0 Å². The SMILES string of the molecule is OCC1O[C@@H](O[C@H]2CN3[C@@H]([C@@H](O)[C@H](O)[C@H]3CO)[C@@H]2O)[C@@H](O)C(O)[C@@H]1O. The first kappa shape index (κ1) is 19.3. The molecule has 146 valence electrons. The van der Waals surface area contributed by atoms with Crippen molar-refractivity contribution in [2.45, 2.75) is 67.2 Å². The third-order valence-corrected chi connectivity index (χ3v) is 5.37. The summed E-state index contributed by atoms with van der Waals surface area (Å²) < 4.78 is 10.8. The molecule has 3 aliphatic heterocycles. The van der Waals surface area contributed by atoms with Crippen LogP contribution >= 0.6 is 0 Å². The van der Waals surface area contributed by atoms with Crippen molar-refractivity contribution in [3.05, 3.63) is 0 Å². The molecule has 11 heteroatoms. The molecule has 0 spiro atoms. The van der Waals surface area contributed by atoms with Crippen LogP contribution in [0.1, 0.15) is 0 Å². The van der Waals surface area contributed by atoms with Gasteiger partial charge in [0.15, 0.2) is 6.29 Å². The van der Waals surface area contributed by atoms with Gasteiger partial charge in [0.05, 0.1) is 43.6 Å². The third kappa shape index (κ3) is 3.09. The highest BCUT2D eigenvalue weighted by atomic mass is 16.7. The Hall–Kier alpha value is -0.440. The average Bonchev–Trinajstić information content (AvgIpc) is 3.03. The van der Waals surface area contributed by atoms with Crippen LogP contribution in [0.25, 0.3) is 0 Å². The first-order chi connectivity index (χ1) is 11.8. The molecular formula is C14H25NO10. The van der Waals surface area contributed by atoms with Gasteiger partial charge in [0, 0.05) is 6.54 Å². The van der Waals surface area contributed by atoms with Gasteiger partial charge in [-0.15, -0.1) is 0 Å². The predicted octanol–water partition coefficient (Wildman–Crippen LogP) is -5.69. The van der Waals surface area contributed by atoms with Gasteiger partial charge < -0.3 is 50.3 Å². The molecule has 0 radical (unpaired) electrons. The van der Waals surface area contributed by atoms with E-state index in [9.17, 15) is 40.9 Å². The van der Waals surface area contributed by atoms with Gasteiger partial charge in [-0.2, -0.15) is 0 Å². The Morgan fingerprint density at radius 2 is 1.48 bits per heavy atom. The average molecular weight is 367 g/mol. The van der Waals surface area contributed by atoms with Crippen molar-refractivity contribution in [2.75, 3.05) is 19.8 Å². The molecule has 11 atom stereocenters. The van der Waals surface area contributed by atoms with E-state index in [0.29, 0.717) is 0 Å². The molecule has 0 aliphatic carbocycles. The van der Waals surface area contributed by atoms with Crippen LogP contribution in [0.2, 0.25) is 0 Å². The molecule has 0 amide bonds. The molecule has 0 aromatic heterocycles. The largest absolute Gasteiger partial charge is 0.395 e. The number of aliphatic hydroxyl groups is 8. The van der Waals surface area contributed by atoms with Crippen molar-refractivity contribution in [1.29, 1.82) is 0 Å². The maximum absolute atomic E-state index is 10.4. The number of hydrogen-bond acceptors (Lipinski definition) is 11. The molecule has 0 aromatic carbocycles. The zero-order valence-electron chi connectivity index (χ0n) is 13.3. The Labute approximate surface area is 143 Å². The van der Waals surface area contributed by atoms with E-state index in [1.165, 1.54) is 4.90 Å². The van der Waals surface area contributed by atoms with Crippen molar-refractivity contribution in [1.82, 2.24) is 4.90 Å². The highest BCUT2D eigenvalue weighted by Crippen LogP contribution is 2.36. The number of nitrogens with zero attached hydrogens (tertiary/aromatic N) is 1. The van der Waals surface area contributed by atoms with Crippen molar-refractivity contribution >= 4 is 0 Å². The molecular weight excluding hydrogens is 342 g/mol. The van der Waals surface area contributed by atoms with Gasteiger partial charge in [-0.05, 0) is 0 Å². The van der Waals surface area contributed by atoms with Gasteiger partial charge in [0.25, 0.3) is 0 Å². The predicted molar refractivity (Wildman–Crippen MR) is 78.0 cm³/mol. The van der Waals surface area contributed by atoms with E-state index in [-0.39, 0.29) is 6.54 Å². The fourth-order valence-electron chi connectivity index (χ4n) is 3.92. The van der Waals surface area contributed by atoms with E-state index < -0.39 is 80.4 Å². The standard InChI is InChI=1S/C14H25NO10/c16-2-4-8(18)11(21)7-9(19)5(1-15(4)7)24-14-13(23)12(22)10(20)6(3-17)25-14/h4-14,16-23H,1-3H2/t4-,5+,6?,7-,8-,9-,10-,11-,12?,13+,14-/m1/s1. The molecule has 11 nitrogen and oxygen atoms in total. The maximum Gasteiger partial charge on any atom is 0.187 e. The van der Waals surface area contributed by atoms with Crippen LogP contribution in [-0.4, -0.2) is 133 Å². The second-order valence-corrected chi connectivity index (χ2v) is 6.78. The van der Waals surface area contributed by atoms with Crippen LogP contribution in [-0.2, 0) is 9.47 Å². The number of hydrogen-bond donors (Lipinski definition) is 8. The highest BCUT2D eigenvalue weighted by Gasteiger charge is 2.58. The van der Waals surface area contributed by atoms with Gasteiger partial charge in [0.1, 0.15) is 30.5 Å². The molecule has 0 bridgehead atoms. The lowest BCUT2D eigenvalue weighted by Gasteiger charge is -2.40. The van der Waals surface area contributed by atoms with Gasteiger partial charge in [0.2, 0.25) is 0 Å². The molecule has 3 heterocycles. The fourth-order valence-corrected chi connectivity index (χ4v) is 3.92. The van der Waals surface area contributed by atoms with Gasteiger partial charge in [-0.25, -0.2) is 0 Å². The summed E-state index contributed by atoms with van der Waals surface area (Å²) in [5.41, 5.74) is 0. The molecule has 3 saturated heterocycles. The van der Waals surface area contributed by atoms with Gasteiger partial charge in [-0.3, -0.25) is 4.90 Å². The number of fused-ring (bicyclic) bond motifs is 1. The number of aliphatic hydroxyl groups excluding tert-OH is 8. The lowest BCUT2D eigenvalue weighted by Crippen LogP contribution is -2.60. The van der Waals surface area contributed by atoms with Crippen molar-refractivity contribution < 1.29 is 50.3 Å². The summed E-state index contributed by atoms with van der Waals surface area (Å²) in [6.45, 7) is -0.987. The monoisotopic (exact) mass is 367 g/mol. The smallest absolute Gasteiger partial charge is 0.187 e. The topological polar surface area (TPSA) is 184 Å². The lowest BCUT2D eigenvalue weighted by atomic mass is 9.99. The zero-order chi connectivity index (χ0) is 18.5. The second kappa shape index (κ2) is 7.29. The molecule has 3 fully saturated rings. The fraction of sp³-hybridized carbons (Fsp3) is 1.00. The Morgan fingerprint density at radius 1 is 0.800 bits per heavy atom. The second-order valence-electron chi connectivity index (χ2n) is 6.78. The molecule has 0 aromatic rings. The Morgan fingerprint density at radius 3 is 2.08 bits per heavy atom. The van der Waals surface area contributed by atoms with Crippen LogP contribution in [0.3, 0.4) is 0 Å². The van der Waals surface area contributed by atoms with E-state index in [1.807, 2.05) is 0 Å². The van der Waals surface area contributed by atoms with Crippen LogP contribution in [0.15, 0.2) is 0 Å². The normalized spacial score (nSPS) is 54.0. The Bertz CT molecular complexity index is 467. The molecule has 2 unspecified atom stereocenters. The van der Waals surface area contributed by atoms with E-state index in [4.69, 9.17) is 9.47 Å². The van der Waals surface area contributed by atoms with Crippen molar-refractivity contribution in [3.63, 3.8) is 0 Å². The third-order valence-electron chi connectivity index (χ3n) is 5.37. The number of ether oxygens (including phenoxy) is 2. The molecule has 3 rings (SSSR count). The van der Waals surface area contributed by atoms with Crippen LogP contribution in [0.4, 0.5) is 0 Å². The van der Waals surface area contributed by atoms with Gasteiger partial charge >= 0.3 is 0 Å². The summed E-state index contributed by atoms with van der Waals surface area (Å²) in [5, 5.41) is 78.5. The Kier molecular flexibility index (Phi) is 5.63. The summed E-state index contributed by atoms with van der Waals surface area (Å²) >= 11 is 0. The van der Waals surface area contributed by atoms with Crippen molar-refractivity contribution in [2.24, 2.45) is 0 Å².